The Balaban J connectivity index is 1.91. The predicted octanol–water partition coefficient (Wildman–Crippen LogP) is 1.83. The molecule has 3 fully saturated rings. The summed E-state index contributed by atoms with van der Waals surface area (Å²) >= 11 is 0. The van der Waals surface area contributed by atoms with Gasteiger partial charge in [0.2, 0.25) is 0 Å². The van der Waals surface area contributed by atoms with Gasteiger partial charge in [-0.3, -0.25) is 0 Å². The van der Waals surface area contributed by atoms with Crippen molar-refractivity contribution in [2.75, 3.05) is 7.11 Å². The molecule has 2 nitrogen and oxygen atoms in total. The van der Waals surface area contributed by atoms with Crippen molar-refractivity contribution in [3.8, 4) is 5.75 Å². The lowest BCUT2D eigenvalue weighted by Crippen LogP contribution is -2.74. The maximum absolute atomic E-state index is 6.05. The van der Waals surface area contributed by atoms with Crippen molar-refractivity contribution in [2.45, 2.75) is 30.2 Å². The van der Waals surface area contributed by atoms with E-state index < -0.39 is 0 Å². The maximum atomic E-state index is 6.05. The summed E-state index contributed by atoms with van der Waals surface area (Å²) in [4.78, 5) is 0. The second-order valence-electron chi connectivity index (χ2n) is 4.90. The van der Waals surface area contributed by atoms with Crippen molar-refractivity contribution in [2.24, 2.45) is 5.73 Å². The predicted molar refractivity (Wildman–Crippen MR) is 55.4 cm³/mol. The summed E-state index contributed by atoms with van der Waals surface area (Å²) in [5, 5.41) is 0. The summed E-state index contributed by atoms with van der Waals surface area (Å²) < 4.78 is 5.23. The molecule has 3 aliphatic rings. The molecule has 2 N–H and O–H groups in total. The zero-order chi connectivity index (χ0) is 9.81. The van der Waals surface area contributed by atoms with Crippen molar-refractivity contribution in [1.29, 1.82) is 0 Å². The molecule has 0 heterocycles. The van der Waals surface area contributed by atoms with Crippen LogP contribution in [0.1, 0.15) is 24.8 Å². The van der Waals surface area contributed by atoms with E-state index in [0.717, 1.165) is 25.0 Å². The van der Waals surface area contributed by atoms with Crippen molar-refractivity contribution >= 4 is 0 Å². The summed E-state index contributed by atoms with van der Waals surface area (Å²) in [5.74, 6) is 0.957. The molecule has 0 aliphatic heterocycles. The second kappa shape index (κ2) is 2.31. The maximum Gasteiger partial charge on any atom is 0.119 e. The van der Waals surface area contributed by atoms with Gasteiger partial charge in [0.1, 0.15) is 5.75 Å². The lowest BCUT2D eigenvalue weighted by Gasteiger charge is -2.69. The first-order chi connectivity index (χ1) is 6.66. The van der Waals surface area contributed by atoms with E-state index in [1.165, 1.54) is 5.56 Å². The third-order valence-electron chi connectivity index (χ3n) is 3.75. The fourth-order valence-corrected chi connectivity index (χ4v) is 3.13. The molecule has 3 saturated carbocycles. The zero-order valence-electron chi connectivity index (χ0n) is 8.42. The van der Waals surface area contributed by atoms with Crippen LogP contribution in [0.2, 0.25) is 0 Å². The van der Waals surface area contributed by atoms with E-state index in [-0.39, 0.29) is 5.54 Å². The Labute approximate surface area is 84.1 Å². The van der Waals surface area contributed by atoms with Crippen LogP contribution in [0.3, 0.4) is 0 Å². The molecule has 1 aromatic rings. The number of ether oxygens (including phenoxy) is 1. The van der Waals surface area contributed by atoms with Crippen molar-refractivity contribution < 1.29 is 4.74 Å². The highest BCUT2D eigenvalue weighted by molar-refractivity contribution is 5.44. The molecule has 3 aliphatic carbocycles. The highest BCUT2D eigenvalue weighted by Gasteiger charge is 2.66. The Morgan fingerprint density at radius 1 is 1.29 bits per heavy atom. The Kier molecular flexibility index (Phi) is 1.37. The molecule has 2 heteroatoms. The lowest BCUT2D eigenvalue weighted by atomic mass is 9.38. The third kappa shape index (κ3) is 0.894. The average molecular weight is 189 g/mol. The largest absolute Gasteiger partial charge is 0.497 e. The van der Waals surface area contributed by atoms with Gasteiger partial charge in [-0.2, -0.15) is 0 Å². The molecule has 2 bridgehead atoms. The number of hydrogen-bond acceptors (Lipinski definition) is 2. The normalized spacial score (nSPS) is 38.4. The van der Waals surface area contributed by atoms with Gasteiger partial charge < -0.3 is 10.5 Å². The summed E-state index contributed by atoms with van der Waals surface area (Å²) in [7, 11) is 1.71. The Morgan fingerprint density at radius 3 is 2.57 bits per heavy atom. The van der Waals surface area contributed by atoms with E-state index in [1.807, 2.05) is 6.07 Å². The smallest absolute Gasteiger partial charge is 0.119 e. The quantitative estimate of drug-likeness (QED) is 0.770. The molecule has 14 heavy (non-hydrogen) atoms. The van der Waals surface area contributed by atoms with Crippen LogP contribution >= 0.6 is 0 Å². The Hall–Kier alpha value is -1.02. The molecule has 0 unspecified atom stereocenters. The van der Waals surface area contributed by atoms with Crippen molar-refractivity contribution in [1.82, 2.24) is 0 Å². The monoisotopic (exact) mass is 189 g/mol. The van der Waals surface area contributed by atoms with Gasteiger partial charge in [0.05, 0.1) is 7.11 Å². The Morgan fingerprint density at radius 2 is 2.00 bits per heavy atom. The highest BCUT2D eigenvalue weighted by Crippen LogP contribution is 2.66. The van der Waals surface area contributed by atoms with E-state index in [9.17, 15) is 0 Å². The third-order valence-corrected chi connectivity index (χ3v) is 3.75. The summed E-state index contributed by atoms with van der Waals surface area (Å²) in [5.41, 5.74) is 8.05. The van der Waals surface area contributed by atoms with Crippen molar-refractivity contribution in [3.63, 3.8) is 0 Å². The SMILES string of the molecule is COc1cccc(C23CC(N)(C2)C3)c1. The van der Waals surface area contributed by atoms with Crippen LogP contribution in [0.5, 0.6) is 5.75 Å². The van der Waals surface area contributed by atoms with Crippen LogP contribution in [0, 0.1) is 0 Å². The van der Waals surface area contributed by atoms with Crippen LogP contribution in [-0.2, 0) is 5.41 Å². The topological polar surface area (TPSA) is 35.2 Å². The molecule has 0 atom stereocenters. The first-order valence-corrected chi connectivity index (χ1v) is 5.09. The zero-order valence-corrected chi connectivity index (χ0v) is 8.42. The van der Waals surface area contributed by atoms with Gasteiger partial charge >= 0.3 is 0 Å². The van der Waals surface area contributed by atoms with Gasteiger partial charge in [0.15, 0.2) is 0 Å². The van der Waals surface area contributed by atoms with Gasteiger partial charge in [-0.05, 0) is 37.0 Å². The van der Waals surface area contributed by atoms with Gasteiger partial charge in [0.25, 0.3) is 0 Å². The summed E-state index contributed by atoms with van der Waals surface area (Å²) in [6.07, 6.45) is 3.48. The molecule has 0 amide bonds. The fraction of sp³-hybridized carbons (Fsp3) is 0.500. The number of benzene rings is 1. The molecule has 0 saturated heterocycles. The highest BCUT2D eigenvalue weighted by atomic mass is 16.5. The second-order valence-corrected chi connectivity index (χ2v) is 4.90. The van der Waals surface area contributed by atoms with E-state index in [1.54, 1.807) is 7.11 Å². The first kappa shape index (κ1) is 8.30. The van der Waals surface area contributed by atoms with E-state index in [2.05, 4.69) is 18.2 Å². The molecule has 74 valence electrons. The summed E-state index contributed by atoms with van der Waals surface area (Å²) in [6, 6.07) is 8.41. The van der Waals surface area contributed by atoms with Gasteiger partial charge in [-0.1, -0.05) is 12.1 Å². The van der Waals surface area contributed by atoms with Crippen LogP contribution in [0.25, 0.3) is 0 Å². The van der Waals surface area contributed by atoms with E-state index in [4.69, 9.17) is 10.5 Å². The Bertz CT molecular complexity index is 366. The minimum absolute atomic E-state index is 0.184. The molecule has 0 aromatic heterocycles. The minimum Gasteiger partial charge on any atom is -0.497 e. The van der Waals surface area contributed by atoms with E-state index >= 15 is 0 Å². The van der Waals surface area contributed by atoms with Crippen LogP contribution < -0.4 is 10.5 Å². The van der Waals surface area contributed by atoms with Crippen molar-refractivity contribution in [3.05, 3.63) is 29.8 Å². The first-order valence-electron chi connectivity index (χ1n) is 5.09. The van der Waals surface area contributed by atoms with Gasteiger partial charge in [-0.25, -0.2) is 0 Å². The molecule has 1 aromatic carbocycles. The fourth-order valence-electron chi connectivity index (χ4n) is 3.13. The molecule has 0 spiro atoms. The number of methoxy groups -OCH3 is 1. The average Bonchev–Trinajstić information content (AvgIpc) is 2.12. The van der Waals surface area contributed by atoms with E-state index in [0.29, 0.717) is 5.41 Å². The van der Waals surface area contributed by atoms with Gasteiger partial charge in [-0.15, -0.1) is 0 Å². The van der Waals surface area contributed by atoms with Crippen LogP contribution in [0.4, 0.5) is 0 Å². The van der Waals surface area contributed by atoms with Gasteiger partial charge in [0, 0.05) is 11.0 Å². The molecule has 0 radical (unpaired) electrons. The molecule has 4 rings (SSSR count). The van der Waals surface area contributed by atoms with Crippen LogP contribution in [0.15, 0.2) is 24.3 Å². The minimum atomic E-state index is 0.184. The summed E-state index contributed by atoms with van der Waals surface area (Å²) in [6.45, 7) is 0. The lowest BCUT2D eigenvalue weighted by molar-refractivity contribution is -0.0590. The number of hydrogen-bond donors (Lipinski definition) is 1. The number of nitrogens with two attached hydrogens (primary N) is 1. The molecular weight excluding hydrogens is 174 g/mol. The van der Waals surface area contributed by atoms with Crippen LogP contribution in [-0.4, -0.2) is 12.6 Å². The standard InChI is InChI=1S/C12H15NO/c1-14-10-4-2-3-9(5-10)11-6-12(13,7-11)8-11/h2-5H,6-8,13H2,1H3. The molecular formula is C12H15NO. The number of rotatable bonds is 2.